The predicted octanol–water partition coefficient (Wildman–Crippen LogP) is -3.05. The van der Waals surface area contributed by atoms with Crippen molar-refractivity contribution in [2.45, 2.75) is 24.4 Å². The second kappa shape index (κ2) is 3.36. The van der Waals surface area contributed by atoms with Crippen molar-refractivity contribution in [3.05, 3.63) is 0 Å². The number of ether oxygens (including phenoxy) is 1. The van der Waals surface area contributed by atoms with Crippen LogP contribution in [0.4, 0.5) is 0 Å². The maximum Gasteiger partial charge on any atom is 0.326 e. The fourth-order valence-corrected chi connectivity index (χ4v) is 1.04. The van der Waals surface area contributed by atoms with Crippen LogP contribution in [0.3, 0.4) is 0 Å². The Kier molecular flexibility index (Phi) is 2.63. The molecule has 0 bridgehead atoms. The standard InChI is InChI=1S/C6H11NO5/c7-3-4(10)5(2(9)1-8)12-6(3)11/h2-5,8-10H,1,7H2/t2-,3-,4+,5+/m0/s1. The maximum absolute atomic E-state index is 10.7. The zero-order valence-electron chi connectivity index (χ0n) is 6.25. The minimum Gasteiger partial charge on any atom is -0.455 e. The molecule has 0 aliphatic carbocycles. The minimum absolute atomic E-state index is 0.582. The van der Waals surface area contributed by atoms with Gasteiger partial charge in [-0.05, 0) is 0 Å². The van der Waals surface area contributed by atoms with Crippen LogP contribution in [0, 0.1) is 0 Å². The highest BCUT2D eigenvalue weighted by Gasteiger charge is 2.44. The zero-order valence-corrected chi connectivity index (χ0v) is 6.25. The summed E-state index contributed by atoms with van der Waals surface area (Å²) in [6.45, 7) is -0.582. The summed E-state index contributed by atoms with van der Waals surface area (Å²) in [7, 11) is 0. The third-order valence-electron chi connectivity index (χ3n) is 1.80. The van der Waals surface area contributed by atoms with E-state index in [-0.39, 0.29) is 0 Å². The van der Waals surface area contributed by atoms with Gasteiger partial charge < -0.3 is 25.8 Å². The van der Waals surface area contributed by atoms with Gasteiger partial charge in [-0.25, -0.2) is 0 Å². The lowest BCUT2D eigenvalue weighted by Crippen LogP contribution is -2.43. The van der Waals surface area contributed by atoms with Crippen molar-refractivity contribution in [1.82, 2.24) is 0 Å². The van der Waals surface area contributed by atoms with Gasteiger partial charge >= 0.3 is 5.97 Å². The molecule has 1 fully saturated rings. The zero-order chi connectivity index (χ0) is 9.30. The highest BCUT2D eigenvalue weighted by atomic mass is 16.6. The first kappa shape index (κ1) is 9.40. The normalized spacial score (nSPS) is 38.0. The fraction of sp³-hybridized carbons (Fsp3) is 0.833. The van der Waals surface area contributed by atoms with Crippen molar-refractivity contribution in [3.63, 3.8) is 0 Å². The molecule has 0 aromatic rings. The van der Waals surface area contributed by atoms with Gasteiger partial charge in [0.1, 0.15) is 18.2 Å². The molecule has 0 aromatic heterocycles. The van der Waals surface area contributed by atoms with E-state index in [0.717, 1.165) is 0 Å². The van der Waals surface area contributed by atoms with Gasteiger partial charge in [0.25, 0.3) is 0 Å². The third-order valence-corrected chi connectivity index (χ3v) is 1.80. The van der Waals surface area contributed by atoms with Crippen LogP contribution >= 0.6 is 0 Å². The lowest BCUT2D eigenvalue weighted by molar-refractivity contribution is -0.148. The van der Waals surface area contributed by atoms with Crippen molar-refractivity contribution in [3.8, 4) is 0 Å². The van der Waals surface area contributed by atoms with E-state index in [0.29, 0.717) is 0 Å². The summed E-state index contributed by atoms with van der Waals surface area (Å²) in [5.41, 5.74) is 5.19. The molecule has 1 rings (SSSR count). The number of carbonyl (C=O) groups is 1. The van der Waals surface area contributed by atoms with Crippen molar-refractivity contribution in [1.29, 1.82) is 0 Å². The van der Waals surface area contributed by atoms with E-state index in [4.69, 9.17) is 15.9 Å². The summed E-state index contributed by atoms with van der Waals surface area (Å²) in [5.74, 6) is -0.764. The summed E-state index contributed by atoms with van der Waals surface area (Å²) in [6.07, 6.45) is -3.64. The lowest BCUT2D eigenvalue weighted by atomic mass is 10.1. The Morgan fingerprint density at radius 2 is 2.25 bits per heavy atom. The Labute approximate surface area is 68.6 Å². The molecule has 1 aliphatic heterocycles. The molecule has 6 nitrogen and oxygen atoms in total. The number of hydrogen-bond donors (Lipinski definition) is 4. The highest BCUT2D eigenvalue weighted by Crippen LogP contribution is 2.17. The van der Waals surface area contributed by atoms with E-state index in [2.05, 4.69) is 4.74 Å². The molecule has 70 valence electrons. The van der Waals surface area contributed by atoms with Crippen LogP contribution in [-0.2, 0) is 9.53 Å². The first-order valence-corrected chi connectivity index (χ1v) is 3.51. The summed E-state index contributed by atoms with van der Waals surface area (Å²) in [5, 5.41) is 26.7. The number of aliphatic hydroxyl groups is 3. The largest absolute Gasteiger partial charge is 0.455 e. The van der Waals surface area contributed by atoms with E-state index in [1.807, 2.05) is 0 Å². The summed E-state index contributed by atoms with van der Waals surface area (Å²) >= 11 is 0. The number of aliphatic hydroxyl groups excluding tert-OH is 3. The molecule has 0 saturated carbocycles. The molecule has 0 unspecified atom stereocenters. The van der Waals surface area contributed by atoms with Crippen LogP contribution in [0.25, 0.3) is 0 Å². The molecule has 6 heteroatoms. The molecule has 12 heavy (non-hydrogen) atoms. The molecule has 0 spiro atoms. The van der Waals surface area contributed by atoms with Crippen molar-refractivity contribution < 1.29 is 24.9 Å². The molecule has 1 heterocycles. The smallest absolute Gasteiger partial charge is 0.326 e. The summed E-state index contributed by atoms with van der Waals surface area (Å²) < 4.78 is 4.51. The van der Waals surface area contributed by atoms with E-state index < -0.39 is 36.9 Å². The van der Waals surface area contributed by atoms with Gasteiger partial charge in [-0.2, -0.15) is 0 Å². The average Bonchev–Trinajstić information content (AvgIpc) is 2.32. The Balaban J connectivity index is 2.64. The lowest BCUT2D eigenvalue weighted by Gasteiger charge is -2.17. The number of nitrogens with two attached hydrogens (primary N) is 1. The Morgan fingerprint density at radius 3 is 2.58 bits per heavy atom. The van der Waals surface area contributed by atoms with E-state index in [1.54, 1.807) is 0 Å². The van der Waals surface area contributed by atoms with Crippen molar-refractivity contribution in [2.75, 3.05) is 6.61 Å². The van der Waals surface area contributed by atoms with Gasteiger partial charge in [-0.3, -0.25) is 4.79 Å². The Hall–Kier alpha value is -0.690. The second-order valence-corrected chi connectivity index (χ2v) is 2.67. The highest BCUT2D eigenvalue weighted by molar-refractivity contribution is 5.78. The predicted molar refractivity (Wildman–Crippen MR) is 37.0 cm³/mol. The first-order valence-electron chi connectivity index (χ1n) is 3.51. The first-order chi connectivity index (χ1) is 5.57. The Morgan fingerprint density at radius 1 is 1.67 bits per heavy atom. The Bertz CT molecular complexity index is 185. The third kappa shape index (κ3) is 1.42. The molecule has 5 N–H and O–H groups in total. The SMILES string of the molecule is N[C@@H]1C(=O)O[C@H]([C@@H](O)CO)[C@@H]1O. The molecular formula is C6H11NO5. The van der Waals surface area contributed by atoms with Gasteiger partial charge in [0, 0.05) is 0 Å². The monoisotopic (exact) mass is 177 g/mol. The van der Waals surface area contributed by atoms with Crippen LogP contribution in [0.5, 0.6) is 0 Å². The minimum atomic E-state index is -1.28. The van der Waals surface area contributed by atoms with Gasteiger partial charge in [-0.1, -0.05) is 0 Å². The van der Waals surface area contributed by atoms with E-state index in [9.17, 15) is 9.90 Å². The maximum atomic E-state index is 10.7. The number of carbonyl (C=O) groups excluding carboxylic acids is 1. The van der Waals surface area contributed by atoms with Crippen molar-refractivity contribution in [2.24, 2.45) is 5.73 Å². The summed E-state index contributed by atoms with van der Waals surface area (Å²) in [4.78, 5) is 10.7. The second-order valence-electron chi connectivity index (χ2n) is 2.67. The van der Waals surface area contributed by atoms with Crippen LogP contribution in [0.2, 0.25) is 0 Å². The molecular weight excluding hydrogens is 166 g/mol. The molecule has 0 aromatic carbocycles. The van der Waals surface area contributed by atoms with Crippen molar-refractivity contribution >= 4 is 5.97 Å². The van der Waals surface area contributed by atoms with Crippen LogP contribution in [0.15, 0.2) is 0 Å². The van der Waals surface area contributed by atoms with Gasteiger partial charge in [0.15, 0.2) is 6.10 Å². The van der Waals surface area contributed by atoms with Gasteiger partial charge in [0.2, 0.25) is 0 Å². The molecule has 0 amide bonds. The van der Waals surface area contributed by atoms with E-state index >= 15 is 0 Å². The summed E-state index contributed by atoms with van der Waals surface area (Å²) in [6, 6.07) is -1.13. The number of cyclic esters (lactones) is 1. The number of rotatable bonds is 2. The topological polar surface area (TPSA) is 113 Å². The molecule has 4 atom stereocenters. The molecule has 0 radical (unpaired) electrons. The van der Waals surface area contributed by atoms with E-state index in [1.165, 1.54) is 0 Å². The van der Waals surface area contributed by atoms with Crippen LogP contribution in [0.1, 0.15) is 0 Å². The molecule has 1 aliphatic rings. The van der Waals surface area contributed by atoms with Crippen LogP contribution in [-0.4, -0.2) is 52.2 Å². The number of hydrogen-bond acceptors (Lipinski definition) is 6. The quantitative estimate of drug-likeness (QED) is 0.333. The average molecular weight is 177 g/mol. The van der Waals surface area contributed by atoms with Crippen LogP contribution < -0.4 is 5.73 Å². The van der Waals surface area contributed by atoms with Gasteiger partial charge in [0.05, 0.1) is 6.61 Å². The number of esters is 1. The van der Waals surface area contributed by atoms with Gasteiger partial charge in [-0.15, -0.1) is 0 Å². The fourth-order valence-electron chi connectivity index (χ4n) is 1.04. The molecule has 1 saturated heterocycles.